The Morgan fingerprint density at radius 2 is 2.11 bits per heavy atom. The molecular formula is C14H20ClN3O. The molecule has 1 aliphatic rings. The summed E-state index contributed by atoms with van der Waals surface area (Å²) >= 11 is 5.80. The number of rotatable bonds is 6. The zero-order valence-corrected chi connectivity index (χ0v) is 11.9. The molecule has 1 saturated carbocycles. The quantitative estimate of drug-likeness (QED) is 0.838. The Kier molecular flexibility index (Phi) is 4.80. The second kappa shape index (κ2) is 6.37. The number of halogens is 1. The molecule has 0 saturated heterocycles. The summed E-state index contributed by atoms with van der Waals surface area (Å²) in [6.45, 7) is 0.969. The normalized spacial score (nSPS) is 16.4. The van der Waals surface area contributed by atoms with Gasteiger partial charge in [0.05, 0.1) is 6.54 Å². The van der Waals surface area contributed by atoms with Crippen LogP contribution in [0.4, 0.5) is 5.69 Å². The third kappa shape index (κ3) is 4.20. The molecule has 0 bridgehead atoms. The molecule has 3 N–H and O–H groups in total. The van der Waals surface area contributed by atoms with Gasteiger partial charge in [-0.05, 0) is 50.1 Å². The molecule has 1 aliphatic carbocycles. The molecule has 1 unspecified atom stereocenters. The molecule has 1 atom stereocenters. The van der Waals surface area contributed by atoms with Crippen LogP contribution in [0.2, 0.25) is 5.02 Å². The predicted molar refractivity (Wildman–Crippen MR) is 78.3 cm³/mol. The maximum atomic E-state index is 11.9. The third-order valence-electron chi connectivity index (χ3n) is 3.49. The van der Waals surface area contributed by atoms with Crippen LogP contribution in [0.5, 0.6) is 0 Å². The number of nitrogens with zero attached hydrogens (tertiary/aromatic N) is 1. The van der Waals surface area contributed by atoms with Gasteiger partial charge in [-0.2, -0.15) is 0 Å². The standard InChI is InChI=1S/C14H20ClN3O/c1-18(13(8-16)10-2-3-10)9-14(19)17-12-6-4-11(15)5-7-12/h4-7,10,13H,2-3,8-9,16H2,1H3,(H,17,19). The molecular weight excluding hydrogens is 262 g/mol. The first-order valence-corrected chi connectivity index (χ1v) is 6.93. The molecule has 1 aromatic carbocycles. The van der Waals surface area contributed by atoms with Crippen LogP contribution < -0.4 is 11.1 Å². The predicted octanol–water partition coefficient (Wildman–Crippen LogP) is 1.95. The minimum Gasteiger partial charge on any atom is -0.329 e. The van der Waals surface area contributed by atoms with Crippen molar-refractivity contribution < 1.29 is 4.79 Å². The fourth-order valence-electron chi connectivity index (χ4n) is 2.29. The fourth-order valence-corrected chi connectivity index (χ4v) is 2.42. The van der Waals surface area contributed by atoms with Gasteiger partial charge >= 0.3 is 0 Å². The number of nitrogens with two attached hydrogens (primary N) is 1. The first kappa shape index (κ1) is 14.3. The Morgan fingerprint density at radius 1 is 1.47 bits per heavy atom. The van der Waals surface area contributed by atoms with Crippen LogP contribution >= 0.6 is 11.6 Å². The molecule has 0 heterocycles. The van der Waals surface area contributed by atoms with E-state index >= 15 is 0 Å². The smallest absolute Gasteiger partial charge is 0.238 e. The van der Waals surface area contributed by atoms with E-state index in [0.29, 0.717) is 30.1 Å². The molecule has 104 valence electrons. The van der Waals surface area contributed by atoms with Crippen LogP contribution in [-0.2, 0) is 4.79 Å². The van der Waals surface area contributed by atoms with E-state index in [1.165, 1.54) is 12.8 Å². The highest BCUT2D eigenvalue weighted by atomic mass is 35.5. The number of hydrogen-bond acceptors (Lipinski definition) is 3. The van der Waals surface area contributed by atoms with Crippen molar-refractivity contribution in [1.82, 2.24) is 4.90 Å². The summed E-state index contributed by atoms with van der Waals surface area (Å²) < 4.78 is 0. The zero-order chi connectivity index (χ0) is 13.8. The average molecular weight is 282 g/mol. The van der Waals surface area contributed by atoms with E-state index in [2.05, 4.69) is 5.32 Å². The van der Waals surface area contributed by atoms with Crippen molar-refractivity contribution in [3.8, 4) is 0 Å². The Morgan fingerprint density at radius 3 is 2.63 bits per heavy atom. The van der Waals surface area contributed by atoms with E-state index in [4.69, 9.17) is 17.3 Å². The van der Waals surface area contributed by atoms with Gasteiger partial charge in [-0.3, -0.25) is 9.69 Å². The fraction of sp³-hybridized carbons (Fsp3) is 0.500. The van der Waals surface area contributed by atoms with Crippen LogP contribution in [0.3, 0.4) is 0 Å². The van der Waals surface area contributed by atoms with Gasteiger partial charge in [-0.1, -0.05) is 11.6 Å². The molecule has 0 aromatic heterocycles. The first-order chi connectivity index (χ1) is 9.10. The summed E-state index contributed by atoms with van der Waals surface area (Å²) in [6.07, 6.45) is 2.45. The lowest BCUT2D eigenvalue weighted by molar-refractivity contribution is -0.117. The molecule has 19 heavy (non-hydrogen) atoms. The summed E-state index contributed by atoms with van der Waals surface area (Å²) in [4.78, 5) is 14.0. The van der Waals surface area contributed by atoms with Gasteiger partial charge < -0.3 is 11.1 Å². The Balaban J connectivity index is 1.84. The molecule has 4 nitrogen and oxygen atoms in total. The lowest BCUT2D eigenvalue weighted by atomic mass is 10.1. The molecule has 5 heteroatoms. The number of benzene rings is 1. The van der Waals surface area contributed by atoms with E-state index in [1.807, 2.05) is 11.9 Å². The topological polar surface area (TPSA) is 58.4 Å². The first-order valence-electron chi connectivity index (χ1n) is 6.56. The Hall–Kier alpha value is -1.10. The number of hydrogen-bond donors (Lipinski definition) is 2. The SMILES string of the molecule is CN(CC(=O)Nc1ccc(Cl)cc1)C(CN)C1CC1. The molecule has 1 amide bonds. The molecule has 1 fully saturated rings. The molecule has 0 spiro atoms. The third-order valence-corrected chi connectivity index (χ3v) is 3.75. The Labute approximate surface area is 118 Å². The van der Waals surface area contributed by atoms with Crippen LogP contribution in [0.1, 0.15) is 12.8 Å². The van der Waals surface area contributed by atoms with Crippen molar-refractivity contribution in [1.29, 1.82) is 0 Å². The van der Waals surface area contributed by atoms with E-state index in [0.717, 1.165) is 5.69 Å². The maximum Gasteiger partial charge on any atom is 0.238 e. The second-order valence-electron chi connectivity index (χ2n) is 5.11. The highest BCUT2D eigenvalue weighted by molar-refractivity contribution is 6.30. The summed E-state index contributed by atoms with van der Waals surface area (Å²) in [7, 11) is 1.96. The number of carbonyl (C=O) groups excluding carboxylic acids is 1. The maximum absolute atomic E-state index is 11.9. The van der Waals surface area contributed by atoms with Crippen molar-refractivity contribution in [3.05, 3.63) is 29.3 Å². The van der Waals surface area contributed by atoms with Crippen molar-refractivity contribution in [2.24, 2.45) is 11.7 Å². The summed E-state index contributed by atoms with van der Waals surface area (Å²) in [6, 6.07) is 7.42. The van der Waals surface area contributed by atoms with Crippen LogP contribution in [0, 0.1) is 5.92 Å². The Bertz CT molecular complexity index is 431. The highest BCUT2D eigenvalue weighted by Gasteiger charge is 2.33. The zero-order valence-electron chi connectivity index (χ0n) is 11.1. The monoisotopic (exact) mass is 281 g/mol. The lowest BCUT2D eigenvalue weighted by Gasteiger charge is -2.26. The minimum atomic E-state index is -0.0241. The summed E-state index contributed by atoms with van der Waals surface area (Å²) in [5.41, 5.74) is 6.53. The van der Waals surface area contributed by atoms with Gasteiger partial charge in [0.25, 0.3) is 0 Å². The van der Waals surface area contributed by atoms with Crippen LogP contribution in [0.25, 0.3) is 0 Å². The van der Waals surface area contributed by atoms with Crippen molar-refractivity contribution in [3.63, 3.8) is 0 Å². The second-order valence-corrected chi connectivity index (χ2v) is 5.55. The minimum absolute atomic E-state index is 0.0241. The van der Waals surface area contributed by atoms with Crippen molar-refractivity contribution in [2.45, 2.75) is 18.9 Å². The number of likely N-dealkylation sites (N-methyl/N-ethyl adjacent to an activating group) is 1. The van der Waals surface area contributed by atoms with Gasteiger partial charge in [-0.15, -0.1) is 0 Å². The highest BCUT2D eigenvalue weighted by Crippen LogP contribution is 2.34. The van der Waals surface area contributed by atoms with Crippen LogP contribution in [-0.4, -0.2) is 37.0 Å². The van der Waals surface area contributed by atoms with Gasteiger partial charge in [0, 0.05) is 23.3 Å². The number of amides is 1. The molecule has 2 rings (SSSR count). The van der Waals surface area contributed by atoms with Crippen molar-refractivity contribution in [2.75, 3.05) is 25.5 Å². The molecule has 0 radical (unpaired) electrons. The van der Waals surface area contributed by atoms with Gasteiger partial charge in [0.1, 0.15) is 0 Å². The van der Waals surface area contributed by atoms with E-state index in [1.54, 1.807) is 24.3 Å². The van der Waals surface area contributed by atoms with E-state index < -0.39 is 0 Å². The number of nitrogens with one attached hydrogen (secondary N) is 1. The van der Waals surface area contributed by atoms with Gasteiger partial charge in [0.15, 0.2) is 0 Å². The molecule has 0 aliphatic heterocycles. The average Bonchev–Trinajstić information content (AvgIpc) is 3.17. The summed E-state index contributed by atoms with van der Waals surface area (Å²) in [5.74, 6) is 0.641. The lowest BCUT2D eigenvalue weighted by Crippen LogP contribution is -2.43. The van der Waals surface area contributed by atoms with Gasteiger partial charge in [-0.25, -0.2) is 0 Å². The number of anilines is 1. The van der Waals surface area contributed by atoms with Crippen LogP contribution in [0.15, 0.2) is 24.3 Å². The van der Waals surface area contributed by atoms with Crippen molar-refractivity contribution >= 4 is 23.2 Å². The molecule has 1 aromatic rings. The van der Waals surface area contributed by atoms with E-state index in [-0.39, 0.29) is 5.91 Å². The van der Waals surface area contributed by atoms with Gasteiger partial charge in [0.2, 0.25) is 5.91 Å². The largest absolute Gasteiger partial charge is 0.329 e. The number of carbonyl (C=O) groups is 1. The van der Waals surface area contributed by atoms with E-state index in [9.17, 15) is 4.79 Å². The summed E-state index contributed by atoms with van der Waals surface area (Å²) in [5, 5.41) is 3.52.